The van der Waals surface area contributed by atoms with Gasteiger partial charge < -0.3 is 19.6 Å². The first-order valence-electron chi connectivity index (χ1n) is 11.0. The molecule has 0 aromatic heterocycles. The number of likely N-dealkylation sites (N-methyl/N-ethyl adjacent to an activating group) is 1. The zero-order valence-electron chi connectivity index (χ0n) is 19.2. The molecule has 2 aliphatic heterocycles. The summed E-state index contributed by atoms with van der Waals surface area (Å²) in [6.07, 6.45) is 4.34. The van der Waals surface area contributed by atoms with Crippen molar-refractivity contribution in [1.82, 2.24) is 10.2 Å². The number of imide groups is 1. The van der Waals surface area contributed by atoms with Crippen LogP contribution in [-0.2, 0) is 23.8 Å². The molecule has 2 heterocycles. The van der Waals surface area contributed by atoms with Crippen LogP contribution in [0, 0.1) is 10.8 Å². The van der Waals surface area contributed by atoms with E-state index in [2.05, 4.69) is 5.32 Å². The summed E-state index contributed by atoms with van der Waals surface area (Å²) < 4.78 is 16.8. The van der Waals surface area contributed by atoms with Crippen molar-refractivity contribution in [3.05, 3.63) is 0 Å². The molecule has 0 aromatic rings. The highest BCUT2D eigenvalue weighted by Gasteiger charge is 2.38. The summed E-state index contributed by atoms with van der Waals surface area (Å²) in [5, 5.41) is 10.9. The predicted molar refractivity (Wildman–Crippen MR) is 115 cm³/mol. The van der Waals surface area contributed by atoms with Crippen molar-refractivity contribution in [1.29, 1.82) is 5.41 Å². The Balaban J connectivity index is 1.83. The van der Waals surface area contributed by atoms with Crippen LogP contribution in [-0.4, -0.2) is 73.8 Å². The summed E-state index contributed by atoms with van der Waals surface area (Å²) in [5.74, 6) is -0.806. The second-order valence-electron chi connectivity index (χ2n) is 9.54. The number of ether oxygens (including phenoxy) is 3. The van der Waals surface area contributed by atoms with Crippen LogP contribution in [0.4, 0.5) is 0 Å². The van der Waals surface area contributed by atoms with Gasteiger partial charge in [0.25, 0.3) is 0 Å². The van der Waals surface area contributed by atoms with E-state index in [9.17, 15) is 9.59 Å². The topological polar surface area (TPSA) is 101 Å². The minimum Gasteiger partial charge on any atom is -0.381 e. The van der Waals surface area contributed by atoms with Crippen LogP contribution in [0.3, 0.4) is 0 Å². The van der Waals surface area contributed by atoms with Gasteiger partial charge in [0.1, 0.15) is 0 Å². The normalized spacial score (nSPS) is 21.5. The summed E-state index contributed by atoms with van der Waals surface area (Å²) in [7, 11) is 1.91. The third kappa shape index (κ3) is 6.83. The molecule has 0 aromatic carbocycles. The molecule has 172 valence electrons. The number of carbonyl (C=O) groups excluding carboxylic acids is 2. The fourth-order valence-electron chi connectivity index (χ4n) is 3.64. The van der Waals surface area contributed by atoms with Crippen molar-refractivity contribution >= 4 is 17.5 Å². The molecule has 2 N–H and O–H groups in total. The number of hydrogen-bond donors (Lipinski definition) is 2. The molecule has 1 atom stereocenters. The number of amides is 2. The molecule has 2 rings (SSSR count). The minimum atomic E-state index is -0.837. The van der Waals surface area contributed by atoms with Crippen LogP contribution in [0.2, 0.25) is 0 Å². The Labute approximate surface area is 180 Å². The average Bonchev–Trinajstić information content (AvgIpc) is 2.73. The lowest BCUT2D eigenvalue weighted by molar-refractivity contribution is -0.171. The standard InChI is InChI=1S/C22H39N3O5/c1-21(2,15-30-19-8-6-7-11-29-19)17(23)14-18(26)24-20(27)22(3,4)25(5)16-9-12-28-13-10-16/h16,19,23H,6-15H2,1-5H3,(H,24,26,27). The van der Waals surface area contributed by atoms with Gasteiger partial charge in [0.15, 0.2) is 6.29 Å². The van der Waals surface area contributed by atoms with Gasteiger partial charge in [-0.25, -0.2) is 0 Å². The number of nitrogens with one attached hydrogen (secondary N) is 2. The molecule has 1 unspecified atom stereocenters. The quantitative estimate of drug-likeness (QED) is 0.551. The molecule has 2 saturated heterocycles. The lowest BCUT2D eigenvalue weighted by Crippen LogP contribution is -2.58. The predicted octanol–water partition coefficient (Wildman–Crippen LogP) is 2.50. The van der Waals surface area contributed by atoms with Gasteiger partial charge in [0, 0.05) is 37.0 Å². The van der Waals surface area contributed by atoms with Gasteiger partial charge in [-0.1, -0.05) is 13.8 Å². The second-order valence-corrected chi connectivity index (χ2v) is 9.54. The molecule has 8 heteroatoms. The largest absolute Gasteiger partial charge is 0.381 e. The van der Waals surface area contributed by atoms with E-state index in [0.29, 0.717) is 26.4 Å². The number of rotatable bonds is 9. The Morgan fingerprint density at radius 2 is 1.77 bits per heavy atom. The molecule has 0 saturated carbocycles. The Morgan fingerprint density at radius 1 is 1.10 bits per heavy atom. The zero-order chi connectivity index (χ0) is 22.4. The molecule has 0 spiro atoms. The van der Waals surface area contributed by atoms with Crippen molar-refractivity contribution in [2.24, 2.45) is 5.41 Å². The second kappa shape index (κ2) is 10.8. The molecule has 2 aliphatic rings. The third-order valence-corrected chi connectivity index (χ3v) is 6.35. The highest BCUT2D eigenvalue weighted by molar-refractivity contribution is 6.08. The van der Waals surface area contributed by atoms with Gasteiger partial charge in [-0.05, 0) is 53.0 Å². The maximum absolute atomic E-state index is 12.8. The smallest absolute Gasteiger partial charge is 0.246 e. The van der Waals surface area contributed by atoms with Crippen LogP contribution >= 0.6 is 0 Å². The molecular formula is C22H39N3O5. The first kappa shape index (κ1) is 24.9. The summed E-state index contributed by atoms with van der Waals surface area (Å²) in [6.45, 7) is 9.75. The molecule has 30 heavy (non-hydrogen) atoms. The van der Waals surface area contributed by atoms with E-state index in [1.54, 1.807) is 0 Å². The molecule has 8 nitrogen and oxygen atoms in total. The van der Waals surface area contributed by atoms with E-state index in [1.165, 1.54) is 0 Å². The van der Waals surface area contributed by atoms with E-state index in [1.807, 2.05) is 39.6 Å². The summed E-state index contributed by atoms with van der Waals surface area (Å²) >= 11 is 0. The number of carbonyl (C=O) groups is 2. The van der Waals surface area contributed by atoms with E-state index in [0.717, 1.165) is 32.1 Å². The van der Waals surface area contributed by atoms with Crippen molar-refractivity contribution in [3.8, 4) is 0 Å². The van der Waals surface area contributed by atoms with E-state index < -0.39 is 16.9 Å². The van der Waals surface area contributed by atoms with Gasteiger partial charge in [-0.2, -0.15) is 0 Å². The fourth-order valence-corrected chi connectivity index (χ4v) is 3.64. The Morgan fingerprint density at radius 3 is 2.37 bits per heavy atom. The van der Waals surface area contributed by atoms with Gasteiger partial charge in [0.2, 0.25) is 11.8 Å². The van der Waals surface area contributed by atoms with Gasteiger partial charge in [-0.3, -0.25) is 19.8 Å². The highest BCUT2D eigenvalue weighted by Crippen LogP contribution is 2.24. The molecular weight excluding hydrogens is 386 g/mol. The first-order valence-corrected chi connectivity index (χ1v) is 11.0. The summed E-state index contributed by atoms with van der Waals surface area (Å²) in [5.41, 5.74) is -1.22. The van der Waals surface area contributed by atoms with Crippen LogP contribution in [0.15, 0.2) is 0 Å². The van der Waals surface area contributed by atoms with E-state index >= 15 is 0 Å². The van der Waals surface area contributed by atoms with E-state index in [-0.39, 0.29) is 30.4 Å². The minimum absolute atomic E-state index is 0.134. The SMILES string of the molecule is CN(C1CCOCC1)C(C)(C)C(=O)NC(=O)CC(=N)C(C)(C)COC1CCCCO1. The lowest BCUT2D eigenvalue weighted by Gasteiger charge is -2.41. The Kier molecular flexibility index (Phi) is 8.97. The Bertz CT molecular complexity index is 608. The number of hydrogen-bond acceptors (Lipinski definition) is 7. The van der Waals surface area contributed by atoms with Gasteiger partial charge in [0.05, 0.1) is 18.6 Å². The van der Waals surface area contributed by atoms with Crippen LogP contribution in [0.1, 0.15) is 66.2 Å². The molecule has 0 bridgehead atoms. The van der Waals surface area contributed by atoms with Crippen molar-refractivity contribution in [2.75, 3.05) is 33.5 Å². The zero-order valence-corrected chi connectivity index (χ0v) is 19.2. The van der Waals surface area contributed by atoms with Gasteiger partial charge >= 0.3 is 0 Å². The monoisotopic (exact) mass is 425 g/mol. The van der Waals surface area contributed by atoms with E-state index in [4.69, 9.17) is 19.6 Å². The first-order chi connectivity index (χ1) is 14.0. The van der Waals surface area contributed by atoms with Crippen LogP contribution in [0.5, 0.6) is 0 Å². The fraction of sp³-hybridized carbons (Fsp3) is 0.864. The third-order valence-electron chi connectivity index (χ3n) is 6.35. The molecule has 2 fully saturated rings. The Hall–Kier alpha value is -1.35. The summed E-state index contributed by atoms with van der Waals surface area (Å²) in [4.78, 5) is 27.3. The number of nitrogens with zero attached hydrogens (tertiary/aromatic N) is 1. The average molecular weight is 426 g/mol. The van der Waals surface area contributed by atoms with Crippen LogP contribution in [0.25, 0.3) is 0 Å². The molecule has 2 amide bonds. The van der Waals surface area contributed by atoms with Crippen molar-refractivity contribution in [2.45, 2.75) is 84.1 Å². The lowest BCUT2D eigenvalue weighted by atomic mass is 9.86. The molecule has 0 radical (unpaired) electrons. The van der Waals surface area contributed by atoms with Crippen molar-refractivity contribution in [3.63, 3.8) is 0 Å². The van der Waals surface area contributed by atoms with Gasteiger partial charge in [-0.15, -0.1) is 0 Å². The maximum Gasteiger partial charge on any atom is 0.246 e. The van der Waals surface area contributed by atoms with Crippen LogP contribution < -0.4 is 5.32 Å². The summed E-state index contributed by atoms with van der Waals surface area (Å²) in [6, 6.07) is 0.242. The van der Waals surface area contributed by atoms with Crippen molar-refractivity contribution < 1.29 is 23.8 Å². The maximum atomic E-state index is 12.8. The highest BCUT2D eigenvalue weighted by atomic mass is 16.7. The molecule has 0 aliphatic carbocycles.